The predicted octanol–water partition coefficient (Wildman–Crippen LogP) is 5.21. The van der Waals surface area contributed by atoms with Crippen LogP contribution in [0, 0.1) is 11.6 Å². The number of hydrogen-bond acceptors (Lipinski definition) is 3. The third-order valence-electron chi connectivity index (χ3n) is 5.05. The fourth-order valence-electron chi connectivity index (χ4n) is 3.78. The first kappa shape index (κ1) is 16.0. The third-order valence-corrected chi connectivity index (χ3v) is 5.05. The highest BCUT2D eigenvalue weighted by molar-refractivity contribution is 6.01. The molecule has 0 aliphatic carbocycles. The summed E-state index contributed by atoms with van der Waals surface area (Å²) in [7, 11) is 0. The number of para-hydroxylation sites is 1. The van der Waals surface area contributed by atoms with Crippen LogP contribution in [0.3, 0.4) is 0 Å². The van der Waals surface area contributed by atoms with Crippen LogP contribution in [0.25, 0.3) is 0 Å². The number of rotatable bonds is 2. The average Bonchev–Trinajstić information content (AvgIpc) is 3.14. The van der Waals surface area contributed by atoms with Crippen molar-refractivity contribution in [1.82, 2.24) is 5.01 Å². The van der Waals surface area contributed by atoms with Crippen LogP contribution in [0.15, 0.2) is 77.9 Å². The van der Waals surface area contributed by atoms with Crippen molar-refractivity contribution in [2.24, 2.45) is 5.10 Å². The van der Waals surface area contributed by atoms with E-state index in [0.29, 0.717) is 12.2 Å². The number of ether oxygens (including phenoxy) is 1. The molecule has 3 aromatic rings. The summed E-state index contributed by atoms with van der Waals surface area (Å²) in [6, 6.07) is 21.1. The Morgan fingerprint density at radius 3 is 2.33 bits per heavy atom. The van der Waals surface area contributed by atoms with Gasteiger partial charge in [-0.1, -0.05) is 54.6 Å². The third kappa shape index (κ3) is 2.58. The van der Waals surface area contributed by atoms with Gasteiger partial charge in [-0.2, -0.15) is 5.10 Å². The number of hydrazone groups is 1. The van der Waals surface area contributed by atoms with Gasteiger partial charge in [0.25, 0.3) is 0 Å². The molecule has 0 saturated carbocycles. The molecule has 2 heterocycles. The van der Waals surface area contributed by atoms with Crippen LogP contribution in [0.1, 0.15) is 35.4 Å². The largest absolute Gasteiger partial charge is 0.464 e. The van der Waals surface area contributed by atoms with E-state index in [1.165, 1.54) is 18.2 Å². The van der Waals surface area contributed by atoms with Crippen LogP contribution >= 0.6 is 0 Å². The molecule has 0 saturated heterocycles. The van der Waals surface area contributed by atoms with E-state index in [2.05, 4.69) is 0 Å². The Balaban J connectivity index is 1.65. The van der Waals surface area contributed by atoms with Crippen molar-refractivity contribution in [1.29, 1.82) is 0 Å². The molecule has 0 bridgehead atoms. The Labute approximate surface area is 155 Å². The molecule has 0 aromatic heterocycles. The Morgan fingerprint density at radius 1 is 0.852 bits per heavy atom. The van der Waals surface area contributed by atoms with Crippen molar-refractivity contribution in [2.45, 2.75) is 18.7 Å². The van der Waals surface area contributed by atoms with Gasteiger partial charge in [0.05, 0.1) is 17.3 Å². The zero-order chi connectivity index (χ0) is 18.4. The Hall–Kier alpha value is -3.21. The average molecular weight is 362 g/mol. The predicted molar refractivity (Wildman–Crippen MR) is 98.3 cm³/mol. The first-order chi connectivity index (χ1) is 13.2. The molecular weight excluding hydrogens is 346 g/mol. The molecule has 0 spiro atoms. The Bertz CT molecular complexity index is 1020. The highest BCUT2D eigenvalue weighted by atomic mass is 19.1. The summed E-state index contributed by atoms with van der Waals surface area (Å²) in [5.41, 5.74) is 2.73. The first-order valence-corrected chi connectivity index (χ1v) is 8.83. The lowest BCUT2D eigenvalue weighted by molar-refractivity contribution is -0.0234. The lowest BCUT2D eigenvalue weighted by Gasteiger charge is -2.38. The molecule has 3 nitrogen and oxygen atoms in total. The quantitative estimate of drug-likeness (QED) is 0.625. The maximum Gasteiger partial charge on any atom is 0.219 e. The molecule has 5 rings (SSSR count). The second-order valence-electron chi connectivity index (χ2n) is 6.66. The van der Waals surface area contributed by atoms with E-state index in [1.807, 2.05) is 54.6 Å². The van der Waals surface area contributed by atoms with Gasteiger partial charge in [-0.05, 0) is 23.8 Å². The molecular formula is C22H16F2N2O. The smallest absolute Gasteiger partial charge is 0.219 e. The molecule has 2 aliphatic heterocycles. The second kappa shape index (κ2) is 6.20. The molecule has 0 amide bonds. The van der Waals surface area contributed by atoms with Crippen LogP contribution in [-0.4, -0.2) is 10.7 Å². The molecule has 2 atom stereocenters. The van der Waals surface area contributed by atoms with E-state index in [0.717, 1.165) is 16.8 Å². The van der Waals surface area contributed by atoms with Gasteiger partial charge < -0.3 is 4.74 Å². The minimum atomic E-state index is -0.952. The zero-order valence-corrected chi connectivity index (χ0v) is 14.3. The van der Waals surface area contributed by atoms with Gasteiger partial charge in [-0.15, -0.1) is 0 Å². The maximum atomic E-state index is 14.5. The first-order valence-electron chi connectivity index (χ1n) is 8.83. The molecule has 3 aromatic carbocycles. The number of halogens is 2. The normalized spacial score (nSPS) is 20.5. The molecule has 5 heteroatoms. The van der Waals surface area contributed by atoms with Crippen molar-refractivity contribution in [3.8, 4) is 5.75 Å². The van der Waals surface area contributed by atoms with Gasteiger partial charge in [-0.25, -0.2) is 13.8 Å². The van der Waals surface area contributed by atoms with Crippen LogP contribution in [0.4, 0.5) is 8.78 Å². The van der Waals surface area contributed by atoms with E-state index in [4.69, 9.17) is 9.84 Å². The second-order valence-corrected chi connectivity index (χ2v) is 6.66. The number of hydrogen-bond donors (Lipinski definition) is 0. The highest BCUT2D eigenvalue weighted by Gasteiger charge is 2.42. The summed E-state index contributed by atoms with van der Waals surface area (Å²) in [6.07, 6.45) is -0.302. The van der Waals surface area contributed by atoms with Gasteiger partial charge in [0.1, 0.15) is 17.4 Å². The summed E-state index contributed by atoms with van der Waals surface area (Å²) >= 11 is 0. The standard InChI is InChI=1S/C22H16F2N2O/c23-16-10-6-11-17(24)21(16)22-26-19(15-9-4-5-12-20(15)27-22)13-18(25-26)14-7-2-1-3-8-14/h1-12,19,22H,13H2/t19-,22-/m1/s1. The molecule has 0 fully saturated rings. The number of benzene rings is 3. The van der Waals surface area contributed by atoms with Crippen LogP contribution in [-0.2, 0) is 0 Å². The summed E-state index contributed by atoms with van der Waals surface area (Å²) in [5, 5.41) is 6.40. The maximum absolute atomic E-state index is 14.5. The molecule has 134 valence electrons. The van der Waals surface area contributed by atoms with Gasteiger partial charge >= 0.3 is 0 Å². The molecule has 0 radical (unpaired) electrons. The SMILES string of the molecule is Fc1cccc(F)c1[C@H]1Oc2ccccc2[C@H]2CC(c3ccccc3)=NN21. The molecule has 0 N–H and O–H groups in total. The van der Waals surface area contributed by atoms with Crippen molar-refractivity contribution >= 4 is 5.71 Å². The fourth-order valence-corrected chi connectivity index (χ4v) is 3.78. The Morgan fingerprint density at radius 2 is 1.56 bits per heavy atom. The van der Waals surface area contributed by atoms with E-state index in [1.54, 1.807) is 5.01 Å². The van der Waals surface area contributed by atoms with Crippen molar-refractivity contribution in [3.63, 3.8) is 0 Å². The summed E-state index contributed by atoms with van der Waals surface area (Å²) < 4.78 is 35.0. The van der Waals surface area contributed by atoms with Crippen molar-refractivity contribution in [3.05, 3.63) is 101 Å². The molecule has 0 unspecified atom stereocenters. The van der Waals surface area contributed by atoms with E-state index in [-0.39, 0.29) is 11.6 Å². The van der Waals surface area contributed by atoms with Gasteiger partial charge in [0.2, 0.25) is 6.23 Å². The van der Waals surface area contributed by atoms with Crippen LogP contribution < -0.4 is 4.74 Å². The highest BCUT2D eigenvalue weighted by Crippen LogP contribution is 2.48. The van der Waals surface area contributed by atoms with E-state index in [9.17, 15) is 8.78 Å². The number of fused-ring (bicyclic) bond motifs is 3. The molecule has 2 aliphatic rings. The summed E-state index contributed by atoms with van der Waals surface area (Å²) in [6.45, 7) is 0. The summed E-state index contributed by atoms with van der Waals surface area (Å²) in [5.74, 6) is -0.640. The van der Waals surface area contributed by atoms with Gasteiger partial charge in [-0.3, -0.25) is 0 Å². The Kier molecular flexibility index (Phi) is 3.67. The fraction of sp³-hybridized carbons (Fsp3) is 0.136. The van der Waals surface area contributed by atoms with E-state index >= 15 is 0 Å². The summed E-state index contributed by atoms with van der Waals surface area (Å²) in [4.78, 5) is 0. The lowest BCUT2D eigenvalue weighted by atomic mass is 9.96. The number of nitrogens with zero attached hydrogens (tertiary/aromatic N) is 2. The van der Waals surface area contributed by atoms with Gasteiger partial charge in [0, 0.05) is 12.0 Å². The zero-order valence-electron chi connectivity index (χ0n) is 14.3. The molecule has 27 heavy (non-hydrogen) atoms. The van der Waals surface area contributed by atoms with Crippen molar-refractivity contribution < 1.29 is 13.5 Å². The van der Waals surface area contributed by atoms with E-state index < -0.39 is 17.9 Å². The monoisotopic (exact) mass is 362 g/mol. The van der Waals surface area contributed by atoms with Gasteiger partial charge in [0.15, 0.2) is 0 Å². The van der Waals surface area contributed by atoms with Crippen molar-refractivity contribution in [2.75, 3.05) is 0 Å². The van der Waals surface area contributed by atoms with Crippen LogP contribution in [0.2, 0.25) is 0 Å². The van der Waals surface area contributed by atoms with Crippen LogP contribution in [0.5, 0.6) is 5.75 Å². The minimum Gasteiger partial charge on any atom is -0.464 e. The minimum absolute atomic E-state index is 0.116. The lowest BCUT2D eigenvalue weighted by Crippen LogP contribution is -2.34. The topological polar surface area (TPSA) is 24.8 Å².